The third kappa shape index (κ3) is 5.40. The van der Waals surface area contributed by atoms with Crippen LogP contribution < -0.4 is 10.1 Å². The zero-order chi connectivity index (χ0) is 15.7. The van der Waals surface area contributed by atoms with Gasteiger partial charge in [0, 0.05) is 0 Å². The summed E-state index contributed by atoms with van der Waals surface area (Å²) in [4.78, 5) is 0. The predicted molar refractivity (Wildman–Crippen MR) is 87.6 cm³/mol. The molecule has 0 spiro atoms. The van der Waals surface area contributed by atoms with Gasteiger partial charge in [0.05, 0.1) is 12.7 Å². The molecule has 1 aromatic rings. The molecule has 0 aliphatic carbocycles. The van der Waals surface area contributed by atoms with Crippen molar-refractivity contribution in [3.8, 4) is 11.8 Å². The van der Waals surface area contributed by atoms with E-state index in [9.17, 15) is 5.26 Å². The Kier molecular flexibility index (Phi) is 7.25. The second kappa shape index (κ2) is 8.69. The maximum atomic E-state index is 9.43. The van der Waals surface area contributed by atoms with E-state index in [1.807, 2.05) is 6.07 Å². The SMILES string of the molecule is CCCNC(C#N)(CC)CCCOc1ccc(C)c(C)c1. The fourth-order valence-electron chi connectivity index (χ4n) is 2.30. The van der Waals surface area contributed by atoms with Crippen LogP contribution in [0.4, 0.5) is 0 Å². The number of hydrogen-bond acceptors (Lipinski definition) is 3. The Morgan fingerprint density at radius 3 is 2.57 bits per heavy atom. The summed E-state index contributed by atoms with van der Waals surface area (Å²) in [7, 11) is 0. The number of nitrogens with one attached hydrogen (secondary N) is 1. The Bertz CT molecular complexity index is 479. The van der Waals surface area contributed by atoms with Crippen molar-refractivity contribution < 1.29 is 4.74 Å². The average molecular weight is 288 g/mol. The number of nitrogens with zero attached hydrogens (tertiary/aromatic N) is 1. The van der Waals surface area contributed by atoms with Gasteiger partial charge in [-0.3, -0.25) is 5.32 Å². The molecule has 1 atom stereocenters. The Hall–Kier alpha value is -1.53. The van der Waals surface area contributed by atoms with Crippen LogP contribution >= 0.6 is 0 Å². The summed E-state index contributed by atoms with van der Waals surface area (Å²) in [5.41, 5.74) is 2.13. The molecule has 0 radical (unpaired) electrons. The molecule has 0 aliphatic rings. The van der Waals surface area contributed by atoms with E-state index < -0.39 is 5.54 Å². The molecule has 1 rings (SSSR count). The Balaban J connectivity index is 2.44. The molecule has 3 heteroatoms. The van der Waals surface area contributed by atoms with Crippen LogP contribution in [0.5, 0.6) is 5.75 Å². The van der Waals surface area contributed by atoms with Gasteiger partial charge in [0.25, 0.3) is 0 Å². The fraction of sp³-hybridized carbons (Fsp3) is 0.611. The van der Waals surface area contributed by atoms with E-state index in [0.29, 0.717) is 6.61 Å². The molecule has 0 saturated carbocycles. The van der Waals surface area contributed by atoms with Gasteiger partial charge < -0.3 is 4.74 Å². The first-order valence-electron chi connectivity index (χ1n) is 7.93. The first-order chi connectivity index (χ1) is 10.1. The lowest BCUT2D eigenvalue weighted by Gasteiger charge is -2.26. The van der Waals surface area contributed by atoms with Crippen LogP contribution in [0.15, 0.2) is 18.2 Å². The number of benzene rings is 1. The van der Waals surface area contributed by atoms with Crippen LogP contribution in [0.1, 0.15) is 50.7 Å². The fourth-order valence-corrected chi connectivity index (χ4v) is 2.30. The molecular weight excluding hydrogens is 260 g/mol. The Morgan fingerprint density at radius 1 is 1.24 bits per heavy atom. The lowest BCUT2D eigenvalue weighted by Crippen LogP contribution is -2.44. The number of ether oxygens (including phenoxy) is 1. The van der Waals surface area contributed by atoms with Crippen molar-refractivity contribution in [2.45, 2.75) is 58.9 Å². The standard InChI is InChI=1S/C18H28N2O/c1-5-11-20-18(6-2,14-19)10-7-12-21-17-9-8-15(3)16(4)13-17/h8-9,13,20H,5-7,10-12H2,1-4H3. The van der Waals surface area contributed by atoms with Crippen molar-refractivity contribution in [1.82, 2.24) is 5.32 Å². The van der Waals surface area contributed by atoms with Crippen LogP contribution in [-0.4, -0.2) is 18.7 Å². The maximum absolute atomic E-state index is 9.43. The monoisotopic (exact) mass is 288 g/mol. The highest BCUT2D eigenvalue weighted by molar-refractivity contribution is 5.33. The molecule has 0 saturated heterocycles. The van der Waals surface area contributed by atoms with Gasteiger partial charge in [0.15, 0.2) is 0 Å². The van der Waals surface area contributed by atoms with Crippen LogP contribution in [0.2, 0.25) is 0 Å². The highest BCUT2D eigenvalue weighted by Gasteiger charge is 2.26. The Morgan fingerprint density at radius 2 is 2.00 bits per heavy atom. The van der Waals surface area contributed by atoms with Gasteiger partial charge in [-0.15, -0.1) is 0 Å². The molecule has 1 unspecified atom stereocenters. The summed E-state index contributed by atoms with van der Waals surface area (Å²) >= 11 is 0. The van der Waals surface area contributed by atoms with Crippen molar-refractivity contribution in [1.29, 1.82) is 5.26 Å². The minimum Gasteiger partial charge on any atom is -0.494 e. The summed E-state index contributed by atoms with van der Waals surface area (Å²) in [6, 6.07) is 8.61. The van der Waals surface area contributed by atoms with E-state index in [0.717, 1.165) is 38.0 Å². The first kappa shape index (κ1) is 17.5. The van der Waals surface area contributed by atoms with Crippen molar-refractivity contribution >= 4 is 0 Å². The minimum absolute atomic E-state index is 0.400. The molecule has 0 heterocycles. The lowest BCUT2D eigenvalue weighted by molar-refractivity contribution is 0.276. The van der Waals surface area contributed by atoms with Crippen LogP contribution in [0.25, 0.3) is 0 Å². The van der Waals surface area contributed by atoms with E-state index in [1.165, 1.54) is 11.1 Å². The predicted octanol–water partition coefficient (Wildman–Crippen LogP) is 4.13. The molecule has 1 N–H and O–H groups in total. The van der Waals surface area contributed by atoms with Crippen molar-refractivity contribution in [3.63, 3.8) is 0 Å². The minimum atomic E-state index is -0.400. The largest absolute Gasteiger partial charge is 0.494 e. The zero-order valence-corrected chi connectivity index (χ0v) is 13.8. The smallest absolute Gasteiger partial charge is 0.119 e. The molecular formula is C18H28N2O. The molecule has 0 aliphatic heterocycles. The van der Waals surface area contributed by atoms with E-state index in [2.05, 4.69) is 51.2 Å². The average Bonchev–Trinajstić information content (AvgIpc) is 2.50. The highest BCUT2D eigenvalue weighted by Crippen LogP contribution is 2.19. The second-order valence-corrected chi connectivity index (χ2v) is 5.67. The number of hydrogen-bond donors (Lipinski definition) is 1. The normalized spacial score (nSPS) is 13.5. The summed E-state index contributed by atoms with van der Waals surface area (Å²) in [5, 5.41) is 12.8. The molecule has 116 valence electrons. The molecule has 0 bridgehead atoms. The zero-order valence-electron chi connectivity index (χ0n) is 13.8. The highest BCUT2D eigenvalue weighted by atomic mass is 16.5. The van der Waals surface area contributed by atoms with Gasteiger partial charge in [0.1, 0.15) is 11.3 Å². The van der Waals surface area contributed by atoms with Crippen LogP contribution in [0, 0.1) is 25.2 Å². The lowest BCUT2D eigenvalue weighted by atomic mass is 9.92. The summed E-state index contributed by atoms with van der Waals surface area (Å²) in [5.74, 6) is 0.915. The number of nitriles is 1. The molecule has 0 amide bonds. The van der Waals surface area contributed by atoms with E-state index in [1.54, 1.807) is 0 Å². The van der Waals surface area contributed by atoms with Crippen molar-refractivity contribution in [2.24, 2.45) is 0 Å². The molecule has 0 aromatic heterocycles. The van der Waals surface area contributed by atoms with E-state index in [4.69, 9.17) is 4.74 Å². The molecule has 1 aromatic carbocycles. The van der Waals surface area contributed by atoms with Gasteiger partial charge in [-0.25, -0.2) is 0 Å². The van der Waals surface area contributed by atoms with Crippen molar-refractivity contribution in [2.75, 3.05) is 13.2 Å². The quantitative estimate of drug-likeness (QED) is 0.695. The van der Waals surface area contributed by atoms with E-state index >= 15 is 0 Å². The summed E-state index contributed by atoms with van der Waals surface area (Å²) in [6.45, 7) is 9.92. The maximum Gasteiger partial charge on any atom is 0.119 e. The van der Waals surface area contributed by atoms with Gasteiger partial charge in [-0.2, -0.15) is 5.26 Å². The second-order valence-electron chi connectivity index (χ2n) is 5.67. The third-order valence-electron chi connectivity index (χ3n) is 4.03. The van der Waals surface area contributed by atoms with Crippen molar-refractivity contribution in [3.05, 3.63) is 29.3 Å². The first-order valence-corrected chi connectivity index (χ1v) is 7.93. The molecule has 21 heavy (non-hydrogen) atoms. The van der Waals surface area contributed by atoms with Crippen LogP contribution in [-0.2, 0) is 0 Å². The van der Waals surface area contributed by atoms with Gasteiger partial charge in [-0.05, 0) is 69.3 Å². The third-order valence-corrected chi connectivity index (χ3v) is 4.03. The molecule has 0 fully saturated rings. The summed E-state index contributed by atoms with van der Waals surface area (Å²) in [6.07, 6.45) is 3.57. The van der Waals surface area contributed by atoms with E-state index in [-0.39, 0.29) is 0 Å². The topological polar surface area (TPSA) is 45.0 Å². The number of aryl methyl sites for hydroxylation is 2. The van der Waals surface area contributed by atoms with Gasteiger partial charge in [0.2, 0.25) is 0 Å². The number of rotatable bonds is 9. The summed E-state index contributed by atoms with van der Waals surface area (Å²) < 4.78 is 5.79. The van der Waals surface area contributed by atoms with Crippen LogP contribution in [0.3, 0.4) is 0 Å². The Labute approximate surface area is 129 Å². The molecule has 3 nitrogen and oxygen atoms in total. The van der Waals surface area contributed by atoms with Gasteiger partial charge >= 0.3 is 0 Å². The van der Waals surface area contributed by atoms with Gasteiger partial charge in [-0.1, -0.05) is 19.9 Å².